The van der Waals surface area contributed by atoms with Crippen molar-refractivity contribution >= 4 is 0 Å². The summed E-state index contributed by atoms with van der Waals surface area (Å²) in [7, 11) is 0. The second-order valence-electron chi connectivity index (χ2n) is 6.68. The zero-order chi connectivity index (χ0) is 15.3. The lowest BCUT2D eigenvalue weighted by Gasteiger charge is -2.19. The Balaban J connectivity index is 2.30. The number of unbranched alkanes of at least 4 members (excludes halogenated alkanes) is 5. The number of hydrogen-bond donors (Lipinski definition) is 1. The van der Waals surface area contributed by atoms with Crippen molar-refractivity contribution in [3.63, 3.8) is 0 Å². The van der Waals surface area contributed by atoms with Crippen LogP contribution in [-0.2, 0) is 6.42 Å². The Morgan fingerprint density at radius 1 is 0.905 bits per heavy atom. The summed E-state index contributed by atoms with van der Waals surface area (Å²) in [6, 6.07) is 11.6. The summed E-state index contributed by atoms with van der Waals surface area (Å²) in [6.07, 6.45) is 11.0. The third kappa shape index (κ3) is 9.68. The molecule has 0 heterocycles. The molecule has 1 aromatic carbocycles. The Kier molecular flexibility index (Phi) is 10.2. The van der Waals surface area contributed by atoms with E-state index < -0.39 is 0 Å². The van der Waals surface area contributed by atoms with E-state index in [1.54, 1.807) is 0 Å². The fourth-order valence-corrected chi connectivity index (χ4v) is 2.84. The normalized spacial score (nSPS) is 12.8. The molecule has 1 aromatic rings. The number of nitrogens with one attached hydrogen (secondary N) is 1. The summed E-state index contributed by atoms with van der Waals surface area (Å²) in [5.74, 6) is 0.779. The molecule has 0 aliphatic carbocycles. The van der Waals surface area contributed by atoms with Crippen LogP contribution in [0, 0.1) is 5.92 Å². The molecular formula is C20H35N. The van der Waals surface area contributed by atoms with Crippen LogP contribution < -0.4 is 5.32 Å². The topological polar surface area (TPSA) is 12.0 Å². The molecule has 0 bridgehead atoms. The van der Waals surface area contributed by atoms with E-state index in [-0.39, 0.29) is 0 Å². The molecule has 1 atom stereocenters. The maximum absolute atomic E-state index is 3.63. The van der Waals surface area contributed by atoms with Gasteiger partial charge in [0, 0.05) is 6.04 Å². The molecule has 0 saturated carbocycles. The van der Waals surface area contributed by atoms with Gasteiger partial charge >= 0.3 is 0 Å². The van der Waals surface area contributed by atoms with Crippen molar-refractivity contribution in [3.8, 4) is 0 Å². The van der Waals surface area contributed by atoms with Crippen LogP contribution >= 0.6 is 0 Å². The summed E-state index contributed by atoms with van der Waals surface area (Å²) in [4.78, 5) is 0. The molecule has 0 aromatic heterocycles. The molecular weight excluding hydrogens is 254 g/mol. The van der Waals surface area contributed by atoms with E-state index in [9.17, 15) is 0 Å². The summed E-state index contributed by atoms with van der Waals surface area (Å²) in [5, 5.41) is 3.63. The molecule has 0 spiro atoms. The van der Waals surface area contributed by atoms with Crippen molar-refractivity contribution in [2.24, 2.45) is 5.92 Å². The average molecular weight is 290 g/mol. The lowest BCUT2D eigenvalue weighted by Crippen LogP contribution is -2.30. The standard InChI is InChI=1S/C20H35N/c1-4-5-6-7-8-10-15-20(17-21-18(2)3)16-19-13-11-9-12-14-19/h9,11-14,18,20-21H,4-8,10,15-17H2,1-3H3. The predicted octanol–water partition coefficient (Wildman–Crippen LogP) is 5.59. The second-order valence-corrected chi connectivity index (χ2v) is 6.68. The highest BCUT2D eigenvalue weighted by atomic mass is 14.9. The first-order valence-electron chi connectivity index (χ1n) is 8.99. The van der Waals surface area contributed by atoms with Crippen LogP contribution in [0.25, 0.3) is 0 Å². The highest BCUT2D eigenvalue weighted by molar-refractivity contribution is 5.15. The number of benzene rings is 1. The molecule has 1 rings (SSSR count). The Morgan fingerprint density at radius 3 is 2.24 bits per heavy atom. The van der Waals surface area contributed by atoms with E-state index in [1.165, 1.54) is 56.9 Å². The molecule has 0 amide bonds. The minimum atomic E-state index is 0.591. The quantitative estimate of drug-likeness (QED) is 0.494. The molecule has 0 fully saturated rings. The molecule has 1 nitrogen and oxygen atoms in total. The minimum Gasteiger partial charge on any atom is -0.314 e. The zero-order valence-electron chi connectivity index (χ0n) is 14.4. The first-order chi connectivity index (χ1) is 10.2. The summed E-state index contributed by atoms with van der Waals surface area (Å²) in [5.41, 5.74) is 1.49. The van der Waals surface area contributed by atoms with E-state index in [2.05, 4.69) is 56.4 Å². The van der Waals surface area contributed by atoms with Crippen molar-refractivity contribution in [2.75, 3.05) is 6.54 Å². The van der Waals surface area contributed by atoms with Gasteiger partial charge in [0.2, 0.25) is 0 Å². The van der Waals surface area contributed by atoms with Crippen LogP contribution in [0.3, 0.4) is 0 Å². The molecule has 1 heteroatoms. The smallest absolute Gasteiger partial charge is 0.00104 e. The van der Waals surface area contributed by atoms with Crippen LogP contribution in [0.15, 0.2) is 30.3 Å². The molecule has 0 saturated heterocycles. The molecule has 0 aliphatic heterocycles. The average Bonchev–Trinajstić information content (AvgIpc) is 2.49. The van der Waals surface area contributed by atoms with Crippen molar-refractivity contribution in [1.82, 2.24) is 5.32 Å². The monoisotopic (exact) mass is 289 g/mol. The van der Waals surface area contributed by atoms with Crippen LogP contribution in [-0.4, -0.2) is 12.6 Å². The maximum atomic E-state index is 3.63. The van der Waals surface area contributed by atoms with E-state index in [1.807, 2.05) is 0 Å². The van der Waals surface area contributed by atoms with E-state index >= 15 is 0 Å². The van der Waals surface area contributed by atoms with Crippen molar-refractivity contribution < 1.29 is 0 Å². The predicted molar refractivity (Wildman–Crippen MR) is 94.8 cm³/mol. The minimum absolute atomic E-state index is 0.591. The molecule has 21 heavy (non-hydrogen) atoms. The van der Waals surface area contributed by atoms with Crippen LogP contribution in [0.1, 0.15) is 71.3 Å². The maximum Gasteiger partial charge on any atom is 0.00104 e. The molecule has 120 valence electrons. The Morgan fingerprint density at radius 2 is 1.57 bits per heavy atom. The summed E-state index contributed by atoms with van der Waals surface area (Å²) >= 11 is 0. The van der Waals surface area contributed by atoms with Crippen molar-refractivity contribution in [3.05, 3.63) is 35.9 Å². The lowest BCUT2D eigenvalue weighted by atomic mass is 9.93. The van der Waals surface area contributed by atoms with E-state index in [0.29, 0.717) is 6.04 Å². The fraction of sp³-hybridized carbons (Fsp3) is 0.700. The van der Waals surface area contributed by atoms with Gasteiger partial charge in [-0.15, -0.1) is 0 Å². The van der Waals surface area contributed by atoms with Gasteiger partial charge in [-0.1, -0.05) is 89.6 Å². The van der Waals surface area contributed by atoms with Gasteiger partial charge in [-0.2, -0.15) is 0 Å². The van der Waals surface area contributed by atoms with Gasteiger partial charge in [0.25, 0.3) is 0 Å². The van der Waals surface area contributed by atoms with Gasteiger partial charge in [0.1, 0.15) is 0 Å². The van der Waals surface area contributed by atoms with Crippen LogP contribution in [0.5, 0.6) is 0 Å². The highest BCUT2D eigenvalue weighted by Gasteiger charge is 2.10. The van der Waals surface area contributed by atoms with Crippen LogP contribution in [0.2, 0.25) is 0 Å². The van der Waals surface area contributed by atoms with Crippen molar-refractivity contribution in [1.29, 1.82) is 0 Å². The first-order valence-corrected chi connectivity index (χ1v) is 8.99. The first kappa shape index (κ1) is 18.2. The second kappa shape index (κ2) is 11.8. The Bertz CT molecular complexity index is 331. The van der Waals surface area contributed by atoms with Gasteiger partial charge in [0.15, 0.2) is 0 Å². The lowest BCUT2D eigenvalue weighted by molar-refractivity contribution is 0.403. The number of hydrogen-bond acceptors (Lipinski definition) is 1. The molecule has 1 N–H and O–H groups in total. The van der Waals surface area contributed by atoms with Gasteiger partial charge in [-0.3, -0.25) is 0 Å². The van der Waals surface area contributed by atoms with Gasteiger partial charge < -0.3 is 5.32 Å². The van der Waals surface area contributed by atoms with Gasteiger partial charge in [0.05, 0.1) is 0 Å². The summed E-state index contributed by atoms with van der Waals surface area (Å²) < 4.78 is 0. The van der Waals surface area contributed by atoms with Crippen molar-refractivity contribution in [2.45, 2.75) is 78.2 Å². The zero-order valence-corrected chi connectivity index (χ0v) is 14.4. The largest absolute Gasteiger partial charge is 0.314 e. The van der Waals surface area contributed by atoms with E-state index in [4.69, 9.17) is 0 Å². The number of rotatable bonds is 12. The summed E-state index contributed by atoms with van der Waals surface area (Å²) in [6.45, 7) is 7.92. The van der Waals surface area contributed by atoms with E-state index in [0.717, 1.165) is 12.5 Å². The molecule has 0 radical (unpaired) electrons. The SMILES string of the molecule is CCCCCCCCC(CNC(C)C)Cc1ccccc1. The highest BCUT2D eigenvalue weighted by Crippen LogP contribution is 2.17. The van der Waals surface area contributed by atoms with Crippen LogP contribution in [0.4, 0.5) is 0 Å². The third-order valence-electron chi connectivity index (χ3n) is 4.15. The molecule has 0 aliphatic rings. The Labute approximate surface area is 132 Å². The molecule has 1 unspecified atom stereocenters. The fourth-order valence-electron chi connectivity index (χ4n) is 2.84. The Hall–Kier alpha value is -0.820. The third-order valence-corrected chi connectivity index (χ3v) is 4.15. The van der Waals surface area contributed by atoms with Gasteiger partial charge in [-0.05, 0) is 30.9 Å². The van der Waals surface area contributed by atoms with Gasteiger partial charge in [-0.25, -0.2) is 0 Å².